The lowest BCUT2D eigenvalue weighted by Crippen LogP contribution is -2.36. The van der Waals surface area contributed by atoms with Crippen LogP contribution >= 0.6 is 46.4 Å². The van der Waals surface area contributed by atoms with Gasteiger partial charge in [0.1, 0.15) is 5.52 Å². The van der Waals surface area contributed by atoms with E-state index in [1.807, 2.05) is 0 Å². The van der Waals surface area contributed by atoms with Crippen LogP contribution < -0.4 is 10.2 Å². The number of nitrogens with one attached hydrogen (secondary N) is 1. The van der Waals surface area contributed by atoms with Gasteiger partial charge in [-0.2, -0.15) is 0 Å². The van der Waals surface area contributed by atoms with Gasteiger partial charge in [0.2, 0.25) is 0 Å². The molecule has 4 rings (SSSR count). The maximum atomic E-state index is 13.2. The number of nitrogens with zero attached hydrogens (tertiary/aromatic N) is 3. The molecule has 0 saturated carbocycles. The van der Waals surface area contributed by atoms with Gasteiger partial charge in [0.15, 0.2) is 0 Å². The van der Waals surface area contributed by atoms with E-state index in [0.717, 1.165) is 10.4 Å². The summed E-state index contributed by atoms with van der Waals surface area (Å²) in [5, 5.41) is 18.6. The van der Waals surface area contributed by atoms with Crippen molar-refractivity contribution < 1.29 is 10.0 Å². The van der Waals surface area contributed by atoms with Crippen molar-refractivity contribution in [3.05, 3.63) is 86.4 Å². The molecule has 31 heavy (non-hydrogen) atoms. The molecule has 2 amide bonds. The molecule has 10 heteroatoms. The topological polar surface area (TPSA) is 70.4 Å². The minimum absolute atomic E-state index is 0.227. The fraction of sp³-hybridized carbons (Fsp3) is 0.0476. The second kappa shape index (κ2) is 8.85. The van der Waals surface area contributed by atoms with Crippen molar-refractivity contribution in [3.63, 3.8) is 0 Å². The highest BCUT2D eigenvalue weighted by atomic mass is 35.5. The first-order valence-electron chi connectivity index (χ1n) is 8.97. The van der Waals surface area contributed by atoms with Crippen LogP contribution in [-0.2, 0) is 6.54 Å². The van der Waals surface area contributed by atoms with Crippen LogP contribution in [-0.4, -0.2) is 21.2 Å². The number of aromatic nitrogens is 2. The number of fused-ring (bicyclic) bond motifs is 1. The van der Waals surface area contributed by atoms with Gasteiger partial charge in [-0.15, -0.1) is 9.94 Å². The highest BCUT2D eigenvalue weighted by molar-refractivity contribution is 6.42. The van der Waals surface area contributed by atoms with Crippen molar-refractivity contribution in [2.75, 3.05) is 4.90 Å². The lowest BCUT2D eigenvalue weighted by Gasteiger charge is -2.24. The Morgan fingerprint density at radius 3 is 2.26 bits per heavy atom. The molecule has 0 saturated heterocycles. The summed E-state index contributed by atoms with van der Waals surface area (Å²) < 4.78 is 0. The van der Waals surface area contributed by atoms with Gasteiger partial charge in [-0.25, -0.2) is 4.79 Å². The molecule has 0 bridgehead atoms. The number of hydrogen-bond donors (Lipinski definition) is 2. The van der Waals surface area contributed by atoms with E-state index in [-0.39, 0.29) is 6.54 Å². The first-order chi connectivity index (χ1) is 14.8. The van der Waals surface area contributed by atoms with Crippen LogP contribution in [0.1, 0.15) is 5.56 Å². The molecule has 4 aromatic rings. The molecule has 0 aliphatic heterocycles. The smallest absolute Gasteiger partial charge is 0.326 e. The molecule has 3 aromatic carbocycles. The molecule has 0 atom stereocenters. The minimum Gasteiger partial charge on any atom is -0.411 e. The Morgan fingerprint density at radius 1 is 0.903 bits per heavy atom. The predicted molar refractivity (Wildman–Crippen MR) is 124 cm³/mol. The van der Waals surface area contributed by atoms with Crippen molar-refractivity contribution >= 4 is 74.7 Å². The van der Waals surface area contributed by atoms with Crippen molar-refractivity contribution in [1.29, 1.82) is 0 Å². The van der Waals surface area contributed by atoms with Gasteiger partial charge in [0, 0.05) is 11.9 Å². The van der Waals surface area contributed by atoms with E-state index in [9.17, 15) is 10.0 Å². The second-order valence-corrected chi connectivity index (χ2v) is 8.25. The number of benzene rings is 3. The number of hydrogen-bond acceptors (Lipinski definition) is 3. The molecule has 6 nitrogen and oxygen atoms in total. The number of halogens is 4. The van der Waals surface area contributed by atoms with Crippen molar-refractivity contribution in [2.24, 2.45) is 0 Å². The van der Waals surface area contributed by atoms with E-state index in [2.05, 4.69) is 10.4 Å². The molecular formula is C21H14Cl4N4O2. The van der Waals surface area contributed by atoms with Gasteiger partial charge < -0.3 is 10.5 Å². The normalized spacial score (nSPS) is 11.0. The number of urea groups is 1. The predicted octanol–water partition coefficient (Wildman–Crippen LogP) is 6.94. The molecule has 0 aliphatic carbocycles. The zero-order valence-electron chi connectivity index (χ0n) is 15.7. The first-order valence-corrected chi connectivity index (χ1v) is 10.5. The SMILES string of the molecule is O=C(NCc1ccc(Cl)c(Cl)c1)N(c1ccc(Cl)c(Cl)c1)c1ccc2c(cnn2O)c1. The Balaban J connectivity index is 1.68. The number of amides is 2. The molecule has 0 aliphatic rings. The lowest BCUT2D eigenvalue weighted by atomic mass is 10.2. The van der Waals surface area contributed by atoms with E-state index in [0.29, 0.717) is 42.4 Å². The summed E-state index contributed by atoms with van der Waals surface area (Å²) in [7, 11) is 0. The highest BCUT2D eigenvalue weighted by Gasteiger charge is 2.20. The number of anilines is 2. The number of carbonyl (C=O) groups is 1. The van der Waals surface area contributed by atoms with Crippen LogP contribution in [0.2, 0.25) is 20.1 Å². The fourth-order valence-electron chi connectivity index (χ4n) is 3.06. The van der Waals surface area contributed by atoms with E-state index < -0.39 is 6.03 Å². The summed E-state index contributed by atoms with van der Waals surface area (Å²) in [6.45, 7) is 0.227. The maximum Gasteiger partial charge on any atom is 0.326 e. The average molecular weight is 496 g/mol. The standard InChI is InChI=1S/C21H14Cl4N4O2/c22-16-4-1-12(7-18(16)24)10-26-21(30)28(15-2-5-17(23)19(25)9-15)14-3-6-20-13(8-14)11-27-29(20)31/h1-9,11,31H,10H2,(H,26,30). The van der Waals surface area contributed by atoms with Gasteiger partial charge in [-0.05, 0) is 54.1 Å². The molecule has 2 N–H and O–H groups in total. The third-order valence-electron chi connectivity index (χ3n) is 4.58. The summed E-state index contributed by atoms with van der Waals surface area (Å²) in [6, 6.07) is 14.7. The summed E-state index contributed by atoms with van der Waals surface area (Å²) >= 11 is 24.3. The van der Waals surface area contributed by atoms with E-state index in [1.54, 1.807) is 54.6 Å². The van der Waals surface area contributed by atoms with Crippen LogP contribution in [0, 0.1) is 0 Å². The Bertz CT molecular complexity index is 1290. The summed E-state index contributed by atoms with van der Waals surface area (Å²) in [5.74, 6) is 0. The van der Waals surface area contributed by atoms with Crippen LogP contribution in [0.4, 0.5) is 16.2 Å². The molecule has 0 radical (unpaired) electrons. The zero-order valence-corrected chi connectivity index (χ0v) is 18.7. The Hall–Kier alpha value is -2.64. The molecule has 158 valence electrons. The third kappa shape index (κ3) is 4.52. The van der Waals surface area contributed by atoms with Crippen LogP contribution in [0.25, 0.3) is 10.9 Å². The van der Waals surface area contributed by atoms with E-state index in [4.69, 9.17) is 46.4 Å². The summed E-state index contributed by atoms with van der Waals surface area (Å²) in [5.41, 5.74) is 2.35. The highest BCUT2D eigenvalue weighted by Crippen LogP contribution is 2.33. The molecule has 1 heterocycles. The zero-order chi connectivity index (χ0) is 22.1. The van der Waals surface area contributed by atoms with Crippen molar-refractivity contribution in [3.8, 4) is 0 Å². The molecule has 0 fully saturated rings. The molecule has 0 unspecified atom stereocenters. The maximum absolute atomic E-state index is 13.2. The summed E-state index contributed by atoms with van der Waals surface area (Å²) in [4.78, 5) is 15.4. The lowest BCUT2D eigenvalue weighted by molar-refractivity contribution is 0.161. The van der Waals surface area contributed by atoms with Crippen LogP contribution in [0.15, 0.2) is 60.8 Å². The van der Waals surface area contributed by atoms with Crippen LogP contribution in [0.3, 0.4) is 0 Å². The van der Waals surface area contributed by atoms with Crippen LogP contribution in [0.5, 0.6) is 0 Å². The van der Waals surface area contributed by atoms with Gasteiger partial charge in [-0.3, -0.25) is 4.90 Å². The van der Waals surface area contributed by atoms with Gasteiger partial charge in [0.05, 0.1) is 37.7 Å². The number of rotatable bonds is 4. The van der Waals surface area contributed by atoms with Gasteiger partial charge >= 0.3 is 6.03 Å². The van der Waals surface area contributed by atoms with Gasteiger partial charge in [0.25, 0.3) is 0 Å². The number of carbonyl (C=O) groups excluding carboxylic acids is 1. The largest absolute Gasteiger partial charge is 0.411 e. The Kier molecular flexibility index (Phi) is 6.16. The van der Waals surface area contributed by atoms with Crippen molar-refractivity contribution in [1.82, 2.24) is 15.3 Å². The monoisotopic (exact) mass is 494 g/mol. The quantitative estimate of drug-likeness (QED) is 0.301. The van der Waals surface area contributed by atoms with E-state index in [1.165, 1.54) is 11.1 Å². The molecular weight excluding hydrogens is 482 g/mol. The molecule has 0 spiro atoms. The Morgan fingerprint density at radius 2 is 1.55 bits per heavy atom. The Labute approximate surface area is 197 Å². The van der Waals surface area contributed by atoms with Gasteiger partial charge in [-0.1, -0.05) is 52.5 Å². The third-order valence-corrected chi connectivity index (χ3v) is 6.06. The van der Waals surface area contributed by atoms with Crippen molar-refractivity contribution in [2.45, 2.75) is 6.54 Å². The first kappa shape index (κ1) is 21.6. The summed E-state index contributed by atoms with van der Waals surface area (Å²) in [6.07, 6.45) is 1.50. The average Bonchev–Trinajstić information content (AvgIpc) is 3.12. The minimum atomic E-state index is -0.403. The second-order valence-electron chi connectivity index (χ2n) is 6.62. The fourth-order valence-corrected chi connectivity index (χ4v) is 3.67. The van der Waals surface area contributed by atoms with E-state index >= 15 is 0 Å². The molecule has 1 aromatic heterocycles.